The molecular weight excluding hydrogens is 418 g/mol. The first-order valence-corrected chi connectivity index (χ1v) is 11.3. The Morgan fingerprint density at radius 2 is 1.55 bits per heavy atom. The summed E-state index contributed by atoms with van der Waals surface area (Å²) in [4.78, 5) is 24.6. The van der Waals surface area contributed by atoms with Gasteiger partial charge in [-0.25, -0.2) is 8.42 Å². The number of hydrogen-bond donors (Lipinski definition) is 2. The van der Waals surface area contributed by atoms with Crippen LogP contribution in [0.3, 0.4) is 0 Å². The standard InChI is InChI=1S/C22H29N3O5S/c1-15(2)20(22(24)27)25(31(28,29)18-12-10-17(30-3)11-13-18)19(21(23)26)14-9-16-7-5-4-6-8-16/h4-8,10-13,15,19-20H,9,14H2,1-3H3,(H2,23,26)(H2,24,27). The largest absolute Gasteiger partial charge is 0.497 e. The number of carbonyl (C=O) groups excluding carboxylic acids is 2. The lowest BCUT2D eigenvalue weighted by Gasteiger charge is -2.36. The van der Waals surface area contributed by atoms with Gasteiger partial charge in [0.2, 0.25) is 21.8 Å². The second-order valence-electron chi connectivity index (χ2n) is 7.54. The topological polar surface area (TPSA) is 133 Å². The monoisotopic (exact) mass is 447 g/mol. The predicted molar refractivity (Wildman–Crippen MR) is 118 cm³/mol. The minimum absolute atomic E-state index is 0.0915. The van der Waals surface area contributed by atoms with E-state index in [9.17, 15) is 18.0 Å². The first-order valence-electron chi connectivity index (χ1n) is 9.89. The second kappa shape index (κ2) is 10.4. The summed E-state index contributed by atoms with van der Waals surface area (Å²) in [6, 6.07) is 12.5. The molecule has 9 heteroatoms. The number of sulfonamides is 1. The van der Waals surface area contributed by atoms with Gasteiger partial charge in [0.1, 0.15) is 17.8 Å². The van der Waals surface area contributed by atoms with Crippen LogP contribution < -0.4 is 16.2 Å². The smallest absolute Gasteiger partial charge is 0.244 e. The number of benzene rings is 2. The maximum atomic E-state index is 13.6. The molecule has 2 atom stereocenters. The Hall–Kier alpha value is -2.91. The Morgan fingerprint density at radius 3 is 2.00 bits per heavy atom. The predicted octanol–water partition coefficient (Wildman–Crippen LogP) is 1.68. The molecule has 0 aliphatic rings. The number of rotatable bonds is 11. The Bertz CT molecular complexity index is 992. The maximum absolute atomic E-state index is 13.6. The number of ether oxygens (including phenoxy) is 1. The molecule has 2 amide bonds. The van der Waals surface area contributed by atoms with E-state index in [-0.39, 0.29) is 11.3 Å². The first kappa shape index (κ1) is 24.4. The highest BCUT2D eigenvalue weighted by Gasteiger charge is 2.43. The van der Waals surface area contributed by atoms with Gasteiger partial charge in [-0.3, -0.25) is 9.59 Å². The van der Waals surface area contributed by atoms with E-state index in [0.717, 1.165) is 9.87 Å². The zero-order chi connectivity index (χ0) is 23.2. The van der Waals surface area contributed by atoms with Gasteiger partial charge < -0.3 is 16.2 Å². The van der Waals surface area contributed by atoms with Crippen LogP contribution in [-0.4, -0.2) is 43.7 Å². The van der Waals surface area contributed by atoms with Crippen molar-refractivity contribution in [2.75, 3.05) is 7.11 Å². The van der Waals surface area contributed by atoms with Gasteiger partial charge in [-0.2, -0.15) is 4.31 Å². The SMILES string of the molecule is COc1ccc(S(=O)(=O)N(C(CCc2ccccc2)C(N)=O)C(C(N)=O)C(C)C)cc1. The fourth-order valence-corrected chi connectivity index (χ4v) is 5.39. The van der Waals surface area contributed by atoms with Gasteiger partial charge in [-0.1, -0.05) is 44.2 Å². The van der Waals surface area contributed by atoms with Crippen molar-refractivity contribution in [1.82, 2.24) is 4.31 Å². The fourth-order valence-electron chi connectivity index (χ4n) is 3.47. The third-order valence-corrected chi connectivity index (χ3v) is 6.92. The molecule has 2 unspecified atom stereocenters. The Kier molecular flexibility index (Phi) is 8.18. The van der Waals surface area contributed by atoms with Gasteiger partial charge in [0.05, 0.1) is 12.0 Å². The van der Waals surface area contributed by atoms with Crippen molar-refractivity contribution in [2.24, 2.45) is 17.4 Å². The molecule has 0 radical (unpaired) electrons. The van der Waals surface area contributed by atoms with Crippen LogP contribution in [0.15, 0.2) is 59.5 Å². The van der Waals surface area contributed by atoms with E-state index in [1.165, 1.54) is 31.4 Å². The maximum Gasteiger partial charge on any atom is 0.244 e. The highest BCUT2D eigenvalue weighted by molar-refractivity contribution is 7.89. The van der Waals surface area contributed by atoms with Gasteiger partial charge in [-0.05, 0) is 48.6 Å². The number of aryl methyl sites for hydroxylation is 1. The summed E-state index contributed by atoms with van der Waals surface area (Å²) in [5, 5.41) is 0. The van der Waals surface area contributed by atoms with Crippen LogP contribution in [-0.2, 0) is 26.0 Å². The average Bonchev–Trinajstić information content (AvgIpc) is 2.73. The van der Waals surface area contributed by atoms with Gasteiger partial charge in [-0.15, -0.1) is 0 Å². The molecule has 0 spiro atoms. The van der Waals surface area contributed by atoms with Crippen molar-refractivity contribution in [3.63, 3.8) is 0 Å². The lowest BCUT2D eigenvalue weighted by molar-refractivity contribution is -0.127. The molecule has 4 N–H and O–H groups in total. The summed E-state index contributed by atoms with van der Waals surface area (Å²) in [5.74, 6) is -1.71. The van der Waals surface area contributed by atoms with Gasteiger partial charge >= 0.3 is 0 Å². The van der Waals surface area contributed by atoms with E-state index >= 15 is 0 Å². The van der Waals surface area contributed by atoms with Crippen molar-refractivity contribution in [3.8, 4) is 5.75 Å². The molecule has 0 aromatic heterocycles. The van der Waals surface area contributed by atoms with Gasteiger partial charge in [0.25, 0.3) is 0 Å². The molecule has 2 aromatic rings. The Balaban J connectivity index is 2.55. The quantitative estimate of drug-likeness (QED) is 0.541. The number of hydrogen-bond acceptors (Lipinski definition) is 5. The van der Waals surface area contributed by atoms with E-state index in [2.05, 4.69) is 0 Å². The first-order chi connectivity index (χ1) is 14.6. The molecule has 0 saturated heterocycles. The van der Waals surface area contributed by atoms with Crippen LogP contribution >= 0.6 is 0 Å². The van der Waals surface area contributed by atoms with Gasteiger partial charge in [0.15, 0.2) is 0 Å². The van der Waals surface area contributed by atoms with E-state index in [4.69, 9.17) is 16.2 Å². The number of nitrogens with two attached hydrogens (primary N) is 2. The highest BCUT2D eigenvalue weighted by Crippen LogP contribution is 2.28. The molecule has 0 saturated carbocycles. The summed E-state index contributed by atoms with van der Waals surface area (Å²) in [7, 11) is -2.83. The normalized spacial score (nSPS) is 13.7. The summed E-state index contributed by atoms with van der Waals surface area (Å²) in [6.45, 7) is 3.34. The summed E-state index contributed by atoms with van der Waals surface area (Å²) in [5.41, 5.74) is 12.1. The van der Waals surface area contributed by atoms with Crippen LogP contribution in [0.4, 0.5) is 0 Å². The molecular formula is C22H29N3O5S. The Labute approximate surface area is 183 Å². The summed E-state index contributed by atoms with van der Waals surface area (Å²) < 4.78 is 33.2. The number of carbonyl (C=O) groups is 2. The third-order valence-electron chi connectivity index (χ3n) is 5.02. The number of methoxy groups -OCH3 is 1. The molecule has 0 aliphatic heterocycles. The van der Waals surface area contributed by atoms with Crippen LogP contribution in [0, 0.1) is 5.92 Å². The van der Waals surface area contributed by atoms with Crippen LogP contribution in [0.5, 0.6) is 5.75 Å². The Morgan fingerprint density at radius 1 is 0.968 bits per heavy atom. The van der Waals surface area contributed by atoms with E-state index in [1.54, 1.807) is 13.8 Å². The number of nitrogens with zero attached hydrogens (tertiary/aromatic N) is 1. The van der Waals surface area contributed by atoms with Gasteiger partial charge in [0, 0.05) is 0 Å². The molecule has 0 fully saturated rings. The molecule has 168 valence electrons. The van der Waals surface area contributed by atoms with Crippen LogP contribution in [0.25, 0.3) is 0 Å². The lowest BCUT2D eigenvalue weighted by Crippen LogP contribution is -2.58. The van der Waals surface area contributed by atoms with Crippen LogP contribution in [0.1, 0.15) is 25.8 Å². The molecule has 2 rings (SSSR count). The highest BCUT2D eigenvalue weighted by atomic mass is 32.2. The number of primary amides is 2. The molecule has 0 aliphatic carbocycles. The molecule has 2 aromatic carbocycles. The molecule has 31 heavy (non-hydrogen) atoms. The lowest BCUT2D eigenvalue weighted by atomic mass is 9.99. The van der Waals surface area contributed by atoms with Crippen molar-refractivity contribution in [2.45, 2.75) is 43.7 Å². The minimum atomic E-state index is -4.29. The summed E-state index contributed by atoms with van der Waals surface area (Å²) >= 11 is 0. The van der Waals surface area contributed by atoms with Crippen molar-refractivity contribution >= 4 is 21.8 Å². The van der Waals surface area contributed by atoms with E-state index < -0.39 is 39.8 Å². The average molecular weight is 448 g/mol. The zero-order valence-electron chi connectivity index (χ0n) is 17.9. The fraction of sp³-hybridized carbons (Fsp3) is 0.364. The zero-order valence-corrected chi connectivity index (χ0v) is 18.7. The van der Waals surface area contributed by atoms with E-state index in [1.807, 2.05) is 30.3 Å². The second-order valence-corrected chi connectivity index (χ2v) is 9.39. The van der Waals surface area contributed by atoms with Crippen molar-refractivity contribution < 1.29 is 22.7 Å². The summed E-state index contributed by atoms with van der Waals surface area (Å²) in [6.07, 6.45) is 0.498. The van der Waals surface area contributed by atoms with E-state index in [0.29, 0.717) is 12.2 Å². The third kappa shape index (κ3) is 5.83. The van der Waals surface area contributed by atoms with Crippen LogP contribution in [0.2, 0.25) is 0 Å². The molecule has 0 heterocycles. The van der Waals surface area contributed by atoms with Crippen molar-refractivity contribution in [1.29, 1.82) is 0 Å². The van der Waals surface area contributed by atoms with Crippen molar-refractivity contribution in [3.05, 3.63) is 60.2 Å². The number of amides is 2. The molecule has 8 nitrogen and oxygen atoms in total. The molecule has 0 bridgehead atoms. The minimum Gasteiger partial charge on any atom is -0.497 e.